The number of hydrogen-bond donors (Lipinski definition) is 1. The predicted octanol–water partition coefficient (Wildman–Crippen LogP) is 2.21. The number of nitrogens with two attached hydrogens (primary N) is 1. The van der Waals surface area contributed by atoms with Gasteiger partial charge in [0.05, 0.1) is 49.1 Å². The van der Waals surface area contributed by atoms with Gasteiger partial charge in [-0.25, -0.2) is 9.78 Å². The van der Waals surface area contributed by atoms with E-state index in [0.29, 0.717) is 37.8 Å². The van der Waals surface area contributed by atoms with E-state index in [9.17, 15) is 10.1 Å². The molecule has 0 atom stereocenters. The molecular formula is C20H19N5O4. The minimum absolute atomic E-state index is 0.0809. The van der Waals surface area contributed by atoms with Crippen LogP contribution in [0.25, 0.3) is 17.0 Å². The highest BCUT2D eigenvalue weighted by Gasteiger charge is 2.25. The first kappa shape index (κ1) is 18.6. The summed E-state index contributed by atoms with van der Waals surface area (Å²) in [7, 11) is 1.28. The van der Waals surface area contributed by atoms with Crippen LogP contribution in [0.3, 0.4) is 0 Å². The number of benzene rings is 1. The van der Waals surface area contributed by atoms with E-state index in [-0.39, 0.29) is 16.9 Å². The van der Waals surface area contributed by atoms with Gasteiger partial charge in [-0.05, 0) is 18.2 Å². The van der Waals surface area contributed by atoms with Crippen molar-refractivity contribution in [2.75, 3.05) is 44.0 Å². The van der Waals surface area contributed by atoms with Crippen molar-refractivity contribution in [3.8, 4) is 23.1 Å². The molecule has 3 aromatic rings. The van der Waals surface area contributed by atoms with Crippen LogP contribution in [0, 0.1) is 11.3 Å². The highest BCUT2D eigenvalue weighted by atomic mass is 16.5. The lowest BCUT2D eigenvalue weighted by atomic mass is 10.1. The number of anilines is 2. The normalized spacial score (nSPS) is 13.9. The van der Waals surface area contributed by atoms with Crippen LogP contribution in [0.15, 0.2) is 41.4 Å². The molecule has 1 aliphatic rings. The number of nitrogens with zero attached hydrogens (tertiary/aromatic N) is 4. The average molecular weight is 393 g/mol. The van der Waals surface area contributed by atoms with Gasteiger partial charge in [-0.15, -0.1) is 0 Å². The molecule has 4 rings (SSSR count). The van der Waals surface area contributed by atoms with Gasteiger partial charge in [-0.3, -0.25) is 0 Å². The maximum atomic E-state index is 12.5. The number of oxazole rings is 1. The minimum atomic E-state index is -0.623. The van der Waals surface area contributed by atoms with Crippen molar-refractivity contribution in [1.29, 1.82) is 5.26 Å². The Morgan fingerprint density at radius 1 is 1.31 bits per heavy atom. The molecule has 1 saturated heterocycles. The third-order valence-corrected chi connectivity index (χ3v) is 4.85. The Kier molecular flexibility index (Phi) is 4.93. The molecule has 148 valence electrons. The summed E-state index contributed by atoms with van der Waals surface area (Å²) in [6.07, 6.45) is 4.51. The number of ether oxygens (including phenoxy) is 2. The van der Waals surface area contributed by atoms with Gasteiger partial charge in [-0.2, -0.15) is 5.26 Å². The van der Waals surface area contributed by atoms with Crippen LogP contribution >= 0.6 is 0 Å². The Hall–Kier alpha value is -3.77. The highest BCUT2D eigenvalue weighted by molar-refractivity contribution is 5.96. The average Bonchev–Trinajstić information content (AvgIpc) is 3.41. The molecule has 1 fully saturated rings. The quantitative estimate of drug-likeness (QED) is 0.670. The molecule has 0 radical (unpaired) electrons. The molecule has 9 heteroatoms. The SMILES string of the molecule is COC(=O)c1c(N)c(C#N)cn1-c1cc(-c2cnco2)ccc1N1CCOCC1. The number of hydrogen-bond acceptors (Lipinski definition) is 8. The van der Waals surface area contributed by atoms with Gasteiger partial charge >= 0.3 is 5.97 Å². The van der Waals surface area contributed by atoms with Gasteiger partial charge in [0.1, 0.15) is 6.07 Å². The Bertz CT molecular complexity index is 1080. The summed E-state index contributed by atoms with van der Waals surface area (Å²) in [4.78, 5) is 18.6. The van der Waals surface area contributed by atoms with Crippen molar-refractivity contribution < 1.29 is 18.7 Å². The van der Waals surface area contributed by atoms with Crippen LogP contribution < -0.4 is 10.6 Å². The second-order valence-corrected chi connectivity index (χ2v) is 6.45. The van der Waals surface area contributed by atoms with Crippen molar-refractivity contribution in [3.63, 3.8) is 0 Å². The molecule has 0 bridgehead atoms. The fourth-order valence-electron chi connectivity index (χ4n) is 3.40. The van der Waals surface area contributed by atoms with Crippen LogP contribution in [0.2, 0.25) is 0 Å². The van der Waals surface area contributed by atoms with E-state index < -0.39 is 5.97 Å². The van der Waals surface area contributed by atoms with Gasteiger partial charge in [0.25, 0.3) is 0 Å². The molecule has 0 amide bonds. The van der Waals surface area contributed by atoms with Gasteiger partial charge in [0, 0.05) is 24.8 Å². The number of nitriles is 1. The summed E-state index contributed by atoms with van der Waals surface area (Å²) in [6, 6.07) is 7.77. The number of rotatable bonds is 4. The van der Waals surface area contributed by atoms with Crippen LogP contribution in [0.1, 0.15) is 16.1 Å². The van der Waals surface area contributed by atoms with Crippen molar-refractivity contribution in [3.05, 3.63) is 48.2 Å². The zero-order valence-electron chi connectivity index (χ0n) is 15.8. The van der Waals surface area contributed by atoms with E-state index >= 15 is 0 Å². The summed E-state index contributed by atoms with van der Waals surface area (Å²) < 4.78 is 17.4. The highest BCUT2D eigenvalue weighted by Crippen LogP contribution is 2.34. The first-order valence-electron chi connectivity index (χ1n) is 8.99. The van der Waals surface area contributed by atoms with Gasteiger partial charge < -0.3 is 29.1 Å². The fourth-order valence-corrected chi connectivity index (χ4v) is 3.40. The molecular weight excluding hydrogens is 374 g/mol. The lowest BCUT2D eigenvalue weighted by Gasteiger charge is -2.31. The third-order valence-electron chi connectivity index (χ3n) is 4.85. The number of esters is 1. The zero-order valence-corrected chi connectivity index (χ0v) is 15.8. The number of methoxy groups -OCH3 is 1. The third kappa shape index (κ3) is 3.30. The van der Waals surface area contributed by atoms with E-state index in [4.69, 9.17) is 19.6 Å². The standard InChI is InChI=1S/C20H19N5O4/c1-27-20(26)19-18(22)14(9-21)11-25(19)16-8-13(17-10-23-12-29-17)2-3-15(16)24-4-6-28-7-5-24/h2-3,8,10-12H,4-7,22H2,1H3. The smallest absolute Gasteiger partial charge is 0.357 e. The molecule has 9 nitrogen and oxygen atoms in total. The van der Waals surface area contributed by atoms with Crippen molar-refractivity contribution in [2.24, 2.45) is 0 Å². The minimum Gasteiger partial charge on any atom is -0.464 e. The lowest BCUT2D eigenvalue weighted by Crippen LogP contribution is -2.36. The molecule has 29 heavy (non-hydrogen) atoms. The molecule has 0 unspecified atom stereocenters. The van der Waals surface area contributed by atoms with E-state index in [2.05, 4.69) is 9.88 Å². The molecule has 2 aromatic heterocycles. The zero-order chi connectivity index (χ0) is 20.4. The maximum Gasteiger partial charge on any atom is 0.357 e. The summed E-state index contributed by atoms with van der Waals surface area (Å²) in [6.45, 7) is 2.60. The van der Waals surface area contributed by atoms with Crippen LogP contribution in [0.5, 0.6) is 0 Å². The van der Waals surface area contributed by atoms with E-state index in [1.807, 2.05) is 24.3 Å². The fraction of sp³-hybridized carbons (Fsp3) is 0.250. The predicted molar refractivity (Wildman–Crippen MR) is 105 cm³/mol. The van der Waals surface area contributed by atoms with E-state index in [1.54, 1.807) is 17.0 Å². The van der Waals surface area contributed by atoms with Crippen molar-refractivity contribution >= 4 is 17.3 Å². The second-order valence-electron chi connectivity index (χ2n) is 6.45. The molecule has 0 aliphatic carbocycles. The van der Waals surface area contributed by atoms with Crippen LogP contribution in [-0.2, 0) is 9.47 Å². The van der Waals surface area contributed by atoms with Crippen molar-refractivity contribution in [2.45, 2.75) is 0 Å². The number of carbonyl (C=O) groups is 1. The van der Waals surface area contributed by atoms with Gasteiger partial charge in [0.15, 0.2) is 17.8 Å². The first-order valence-corrected chi connectivity index (χ1v) is 8.99. The largest absolute Gasteiger partial charge is 0.464 e. The van der Waals surface area contributed by atoms with E-state index in [1.165, 1.54) is 13.5 Å². The summed E-state index contributed by atoms with van der Waals surface area (Å²) >= 11 is 0. The summed E-state index contributed by atoms with van der Waals surface area (Å²) in [5.41, 5.74) is 8.79. The van der Waals surface area contributed by atoms with Gasteiger partial charge in [-0.1, -0.05) is 0 Å². The molecule has 0 saturated carbocycles. The number of carbonyl (C=O) groups excluding carboxylic acids is 1. The second kappa shape index (κ2) is 7.69. The number of nitrogen functional groups attached to an aromatic ring is 1. The van der Waals surface area contributed by atoms with Crippen LogP contribution in [0.4, 0.5) is 11.4 Å². The molecule has 2 N–H and O–H groups in total. The maximum absolute atomic E-state index is 12.5. The Labute approximate surface area is 166 Å². The molecule has 1 aliphatic heterocycles. The number of morpholine rings is 1. The first-order chi connectivity index (χ1) is 14.1. The molecule has 0 spiro atoms. The lowest BCUT2D eigenvalue weighted by molar-refractivity contribution is 0.0593. The van der Waals surface area contributed by atoms with Crippen molar-refractivity contribution in [1.82, 2.24) is 9.55 Å². The van der Waals surface area contributed by atoms with Gasteiger partial charge in [0.2, 0.25) is 0 Å². The monoisotopic (exact) mass is 393 g/mol. The Morgan fingerprint density at radius 3 is 2.76 bits per heavy atom. The molecule has 1 aromatic carbocycles. The number of aromatic nitrogens is 2. The Balaban J connectivity index is 1.94. The summed E-state index contributed by atoms with van der Waals surface area (Å²) in [5.74, 6) is -0.0398. The van der Waals surface area contributed by atoms with Crippen LogP contribution in [-0.4, -0.2) is 48.9 Å². The summed E-state index contributed by atoms with van der Waals surface area (Å²) in [5, 5.41) is 9.43. The Morgan fingerprint density at radius 2 is 2.10 bits per heavy atom. The van der Waals surface area contributed by atoms with E-state index in [0.717, 1.165) is 11.3 Å². The topological polar surface area (TPSA) is 120 Å². The molecule has 3 heterocycles.